The molecule has 1 aromatic carbocycles. The van der Waals surface area contributed by atoms with E-state index in [0.717, 1.165) is 12.1 Å². The highest BCUT2D eigenvalue weighted by Crippen LogP contribution is 2.24. The summed E-state index contributed by atoms with van der Waals surface area (Å²) < 4.78 is 33.1. The largest absolute Gasteiger partial charge is 0.481 e. The third-order valence-corrected chi connectivity index (χ3v) is 3.95. The van der Waals surface area contributed by atoms with Crippen molar-refractivity contribution in [2.45, 2.75) is 33.1 Å². The van der Waals surface area contributed by atoms with Crippen LogP contribution in [0.5, 0.6) is 0 Å². The van der Waals surface area contributed by atoms with Crippen LogP contribution in [0, 0.1) is 17.6 Å². The van der Waals surface area contributed by atoms with Gasteiger partial charge in [-0.05, 0) is 32.4 Å². The highest BCUT2D eigenvalue weighted by Gasteiger charge is 2.28. The molecule has 0 saturated heterocycles. The number of carboxylic acid groups (broad SMARTS) is 1. The monoisotopic (exact) mass is 357 g/mol. The second-order valence-electron chi connectivity index (χ2n) is 5.93. The van der Waals surface area contributed by atoms with E-state index < -0.39 is 35.3 Å². The van der Waals surface area contributed by atoms with Gasteiger partial charge < -0.3 is 14.7 Å². The zero-order chi connectivity index (χ0) is 19.0. The molecule has 1 aromatic rings. The number of hydrogen-bond donors (Lipinski definition) is 1. The lowest BCUT2D eigenvalue weighted by Crippen LogP contribution is -2.40. The average molecular weight is 357 g/mol. The molecule has 7 heteroatoms. The smallest absolute Gasteiger partial charge is 0.308 e. The van der Waals surface area contributed by atoms with E-state index in [0.29, 0.717) is 19.6 Å². The Balaban J connectivity index is 2.94. The standard InChI is InChI=1S/C18H25F2NO4/c1-4-25-10-6-9-21(11-12(2)18(23)24)17(22)13(3)16-14(19)7-5-8-15(16)20/h5,7-8,12-13H,4,6,9-11H2,1-3H3,(H,23,24). The Morgan fingerprint density at radius 1 is 1.24 bits per heavy atom. The van der Waals surface area contributed by atoms with E-state index in [-0.39, 0.29) is 18.7 Å². The number of hydrogen-bond acceptors (Lipinski definition) is 3. The molecule has 140 valence electrons. The molecule has 5 nitrogen and oxygen atoms in total. The van der Waals surface area contributed by atoms with Gasteiger partial charge in [-0.1, -0.05) is 13.0 Å². The van der Waals surface area contributed by atoms with E-state index in [1.807, 2.05) is 6.92 Å². The lowest BCUT2D eigenvalue weighted by atomic mass is 9.97. The molecule has 0 bridgehead atoms. The molecule has 2 unspecified atom stereocenters. The van der Waals surface area contributed by atoms with E-state index in [2.05, 4.69) is 0 Å². The number of nitrogens with zero attached hydrogens (tertiary/aromatic N) is 1. The molecule has 0 heterocycles. The van der Waals surface area contributed by atoms with Crippen molar-refractivity contribution in [1.82, 2.24) is 4.90 Å². The van der Waals surface area contributed by atoms with Crippen molar-refractivity contribution >= 4 is 11.9 Å². The summed E-state index contributed by atoms with van der Waals surface area (Å²) in [7, 11) is 0. The Hall–Kier alpha value is -2.02. The third kappa shape index (κ3) is 6.08. The maximum absolute atomic E-state index is 13.9. The van der Waals surface area contributed by atoms with Crippen molar-refractivity contribution < 1.29 is 28.2 Å². The lowest BCUT2D eigenvalue weighted by molar-refractivity contribution is -0.143. The molecule has 0 radical (unpaired) electrons. The molecule has 25 heavy (non-hydrogen) atoms. The highest BCUT2D eigenvalue weighted by molar-refractivity contribution is 5.84. The Kier molecular flexibility index (Phi) is 8.48. The molecule has 0 aromatic heterocycles. The summed E-state index contributed by atoms with van der Waals surface area (Å²) in [5.74, 6) is -4.95. The minimum atomic E-state index is -1.05. The maximum Gasteiger partial charge on any atom is 0.308 e. The molecular weight excluding hydrogens is 332 g/mol. The van der Waals surface area contributed by atoms with Gasteiger partial charge in [0.2, 0.25) is 5.91 Å². The minimum absolute atomic E-state index is 0.0271. The van der Waals surface area contributed by atoms with Crippen LogP contribution in [-0.4, -0.2) is 48.2 Å². The number of amides is 1. The number of aliphatic carboxylic acids is 1. The molecular formula is C18H25F2NO4. The number of carbonyl (C=O) groups excluding carboxylic acids is 1. The van der Waals surface area contributed by atoms with Crippen molar-refractivity contribution in [2.24, 2.45) is 5.92 Å². The zero-order valence-electron chi connectivity index (χ0n) is 14.8. The van der Waals surface area contributed by atoms with E-state index in [1.165, 1.54) is 24.8 Å². The molecule has 1 amide bonds. The van der Waals surface area contributed by atoms with Crippen molar-refractivity contribution in [3.63, 3.8) is 0 Å². The van der Waals surface area contributed by atoms with Crippen LogP contribution < -0.4 is 0 Å². The summed E-state index contributed by atoms with van der Waals surface area (Å²) in [4.78, 5) is 25.2. The average Bonchev–Trinajstić information content (AvgIpc) is 2.56. The van der Waals surface area contributed by atoms with Crippen LogP contribution in [0.2, 0.25) is 0 Å². The van der Waals surface area contributed by atoms with Gasteiger partial charge in [0.25, 0.3) is 0 Å². The molecule has 2 atom stereocenters. The second kappa shape index (κ2) is 10.1. The van der Waals surface area contributed by atoms with Crippen molar-refractivity contribution in [1.29, 1.82) is 0 Å². The lowest BCUT2D eigenvalue weighted by Gasteiger charge is -2.28. The van der Waals surface area contributed by atoms with E-state index >= 15 is 0 Å². The normalized spacial score (nSPS) is 13.3. The van der Waals surface area contributed by atoms with Crippen LogP contribution >= 0.6 is 0 Å². The first kappa shape index (κ1) is 21.0. The number of halogens is 2. The van der Waals surface area contributed by atoms with E-state index in [9.17, 15) is 18.4 Å². The van der Waals surface area contributed by atoms with Crippen LogP contribution in [0.25, 0.3) is 0 Å². The SMILES string of the molecule is CCOCCCN(CC(C)C(=O)O)C(=O)C(C)c1c(F)cccc1F. The van der Waals surface area contributed by atoms with Crippen LogP contribution in [-0.2, 0) is 14.3 Å². The van der Waals surface area contributed by atoms with Gasteiger partial charge in [-0.25, -0.2) is 8.78 Å². The van der Waals surface area contributed by atoms with Crippen LogP contribution in [0.3, 0.4) is 0 Å². The Bertz CT molecular complexity index is 574. The second-order valence-corrected chi connectivity index (χ2v) is 5.93. The Morgan fingerprint density at radius 2 is 1.84 bits per heavy atom. The van der Waals surface area contributed by atoms with Gasteiger partial charge in [-0.3, -0.25) is 9.59 Å². The fourth-order valence-electron chi connectivity index (χ4n) is 2.52. The number of rotatable bonds is 10. The Morgan fingerprint density at radius 3 is 2.36 bits per heavy atom. The van der Waals surface area contributed by atoms with Gasteiger partial charge in [0, 0.05) is 31.9 Å². The quantitative estimate of drug-likeness (QED) is 0.654. The number of carbonyl (C=O) groups is 2. The van der Waals surface area contributed by atoms with E-state index in [1.54, 1.807) is 0 Å². The Labute approximate surface area is 146 Å². The van der Waals surface area contributed by atoms with Gasteiger partial charge >= 0.3 is 5.97 Å². The molecule has 0 fully saturated rings. The molecule has 1 rings (SSSR count). The molecule has 0 saturated carbocycles. The summed E-state index contributed by atoms with van der Waals surface area (Å²) in [6.45, 7) is 5.95. The predicted molar refractivity (Wildman–Crippen MR) is 89.3 cm³/mol. The van der Waals surface area contributed by atoms with Crippen LogP contribution in [0.1, 0.15) is 38.7 Å². The topological polar surface area (TPSA) is 66.8 Å². The summed E-state index contributed by atoms with van der Waals surface area (Å²) in [6.07, 6.45) is 0.512. The van der Waals surface area contributed by atoms with E-state index in [4.69, 9.17) is 9.84 Å². The van der Waals surface area contributed by atoms with Crippen molar-refractivity contribution in [3.05, 3.63) is 35.4 Å². The van der Waals surface area contributed by atoms with Crippen LogP contribution in [0.15, 0.2) is 18.2 Å². The summed E-state index contributed by atoms with van der Waals surface area (Å²) in [6, 6.07) is 3.43. The van der Waals surface area contributed by atoms with Gasteiger partial charge in [0.15, 0.2) is 0 Å². The number of carboxylic acids is 1. The highest BCUT2D eigenvalue weighted by atomic mass is 19.1. The first-order valence-corrected chi connectivity index (χ1v) is 8.32. The first-order valence-electron chi connectivity index (χ1n) is 8.32. The summed E-state index contributed by atoms with van der Waals surface area (Å²) in [5.41, 5.74) is -0.301. The van der Waals surface area contributed by atoms with Crippen molar-refractivity contribution in [3.8, 4) is 0 Å². The summed E-state index contributed by atoms with van der Waals surface area (Å²) in [5, 5.41) is 9.08. The molecule has 0 aliphatic heterocycles. The fraction of sp³-hybridized carbons (Fsp3) is 0.556. The van der Waals surface area contributed by atoms with Gasteiger partial charge in [-0.15, -0.1) is 0 Å². The predicted octanol–water partition coefficient (Wildman–Crippen LogP) is 3.04. The third-order valence-electron chi connectivity index (χ3n) is 3.95. The summed E-state index contributed by atoms with van der Waals surface area (Å²) >= 11 is 0. The first-order chi connectivity index (χ1) is 11.8. The minimum Gasteiger partial charge on any atom is -0.481 e. The fourth-order valence-corrected chi connectivity index (χ4v) is 2.52. The van der Waals surface area contributed by atoms with Gasteiger partial charge in [0.05, 0.1) is 11.8 Å². The number of benzene rings is 1. The molecule has 0 spiro atoms. The van der Waals surface area contributed by atoms with Gasteiger partial charge in [-0.2, -0.15) is 0 Å². The van der Waals surface area contributed by atoms with Crippen molar-refractivity contribution in [2.75, 3.05) is 26.3 Å². The van der Waals surface area contributed by atoms with Crippen LogP contribution in [0.4, 0.5) is 8.78 Å². The number of ether oxygens (including phenoxy) is 1. The molecule has 1 N–H and O–H groups in total. The zero-order valence-corrected chi connectivity index (χ0v) is 14.8. The molecule has 0 aliphatic carbocycles. The van der Waals surface area contributed by atoms with Gasteiger partial charge in [0.1, 0.15) is 11.6 Å². The molecule has 0 aliphatic rings. The maximum atomic E-state index is 13.9.